The summed E-state index contributed by atoms with van der Waals surface area (Å²) in [6.45, 7) is 2.61. The van der Waals surface area contributed by atoms with Crippen molar-refractivity contribution >= 4 is 11.6 Å². The zero-order chi connectivity index (χ0) is 19.9. The lowest BCUT2D eigenvalue weighted by atomic mass is 10.1. The van der Waals surface area contributed by atoms with Gasteiger partial charge in [0.05, 0.1) is 14.2 Å². The molecule has 0 saturated carbocycles. The van der Waals surface area contributed by atoms with Crippen molar-refractivity contribution in [2.24, 2.45) is 0 Å². The minimum atomic E-state index is 0.0816. The number of anilines is 1. The van der Waals surface area contributed by atoms with Crippen molar-refractivity contribution in [3.05, 3.63) is 53.6 Å². The van der Waals surface area contributed by atoms with Crippen LogP contribution in [0.15, 0.2) is 42.5 Å². The summed E-state index contributed by atoms with van der Waals surface area (Å²) in [6, 6.07) is 13.8. The second kappa shape index (κ2) is 9.46. The quantitative estimate of drug-likeness (QED) is 0.685. The molecule has 150 valence electrons. The Morgan fingerprint density at radius 3 is 2.57 bits per heavy atom. The highest BCUT2D eigenvalue weighted by Gasteiger charge is 2.24. The summed E-state index contributed by atoms with van der Waals surface area (Å²) in [6.07, 6.45) is 2.08. The minimum absolute atomic E-state index is 0.0816. The first-order chi connectivity index (χ1) is 13.6. The second-order valence-corrected chi connectivity index (χ2v) is 7.21. The molecular weight excluding hydrogens is 354 g/mol. The van der Waals surface area contributed by atoms with Crippen molar-refractivity contribution in [2.45, 2.75) is 31.8 Å². The zero-order valence-electron chi connectivity index (χ0n) is 16.6. The van der Waals surface area contributed by atoms with E-state index in [4.69, 9.17) is 15.2 Å². The molecule has 3 rings (SSSR count). The van der Waals surface area contributed by atoms with E-state index in [1.165, 1.54) is 0 Å². The minimum Gasteiger partial charge on any atom is -0.497 e. The standard InChI is InChI=1S/C22H29N3O3/c1-27-19-11-16(12-20(13-19)28-2)14-25-10-9-18(15-25)24-22(26)8-7-17-5-3-4-6-21(17)23/h3-6,11-13,18H,7-10,14-15,23H2,1-2H3,(H,24,26). The number of nitrogens with one attached hydrogen (secondary N) is 1. The molecule has 0 radical (unpaired) electrons. The van der Waals surface area contributed by atoms with E-state index in [2.05, 4.69) is 10.2 Å². The molecule has 1 amide bonds. The lowest BCUT2D eigenvalue weighted by Gasteiger charge is -2.18. The Morgan fingerprint density at radius 2 is 1.89 bits per heavy atom. The van der Waals surface area contributed by atoms with Crippen LogP contribution in [0, 0.1) is 0 Å². The third-order valence-corrected chi connectivity index (χ3v) is 5.13. The number of likely N-dealkylation sites (tertiary alicyclic amines) is 1. The lowest BCUT2D eigenvalue weighted by Crippen LogP contribution is -2.37. The van der Waals surface area contributed by atoms with Gasteiger partial charge in [0, 0.05) is 43.9 Å². The Kier molecular flexibility index (Phi) is 6.76. The largest absolute Gasteiger partial charge is 0.497 e. The fraction of sp³-hybridized carbons (Fsp3) is 0.409. The van der Waals surface area contributed by atoms with E-state index in [0.717, 1.165) is 54.4 Å². The molecule has 0 bridgehead atoms. The molecular formula is C22H29N3O3. The van der Waals surface area contributed by atoms with Gasteiger partial charge < -0.3 is 20.5 Å². The van der Waals surface area contributed by atoms with Crippen LogP contribution >= 0.6 is 0 Å². The Bertz CT molecular complexity index is 787. The monoisotopic (exact) mass is 383 g/mol. The van der Waals surface area contributed by atoms with E-state index >= 15 is 0 Å². The molecule has 1 fully saturated rings. The normalized spacial score (nSPS) is 16.7. The van der Waals surface area contributed by atoms with Crippen LogP contribution in [0.3, 0.4) is 0 Å². The van der Waals surface area contributed by atoms with Crippen LogP contribution in [-0.4, -0.2) is 44.2 Å². The van der Waals surface area contributed by atoms with Gasteiger partial charge in [-0.1, -0.05) is 18.2 Å². The second-order valence-electron chi connectivity index (χ2n) is 7.21. The van der Waals surface area contributed by atoms with Crippen LogP contribution in [0.25, 0.3) is 0 Å². The molecule has 0 aromatic heterocycles. The number of para-hydroxylation sites is 1. The summed E-state index contributed by atoms with van der Waals surface area (Å²) in [5, 5.41) is 3.16. The van der Waals surface area contributed by atoms with E-state index in [1.54, 1.807) is 14.2 Å². The van der Waals surface area contributed by atoms with Crippen LogP contribution in [0.5, 0.6) is 11.5 Å². The molecule has 1 aliphatic heterocycles. The smallest absolute Gasteiger partial charge is 0.220 e. The maximum atomic E-state index is 12.3. The van der Waals surface area contributed by atoms with Gasteiger partial charge in [0.1, 0.15) is 11.5 Å². The average molecular weight is 383 g/mol. The Balaban J connectivity index is 1.47. The number of hydrogen-bond donors (Lipinski definition) is 2. The van der Waals surface area contributed by atoms with Crippen molar-refractivity contribution in [3.63, 3.8) is 0 Å². The molecule has 2 aromatic rings. The number of nitrogen functional groups attached to an aromatic ring is 1. The summed E-state index contributed by atoms with van der Waals surface area (Å²) in [7, 11) is 3.31. The van der Waals surface area contributed by atoms with Gasteiger partial charge >= 0.3 is 0 Å². The molecule has 1 heterocycles. The highest BCUT2D eigenvalue weighted by Crippen LogP contribution is 2.24. The molecule has 28 heavy (non-hydrogen) atoms. The summed E-state index contributed by atoms with van der Waals surface area (Å²) in [5.74, 6) is 1.66. The molecule has 2 aromatic carbocycles. The van der Waals surface area contributed by atoms with E-state index in [0.29, 0.717) is 12.8 Å². The third kappa shape index (κ3) is 5.39. The van der Waals surface area contributed by atoms with E-state index in [-0.39, 0.29) is 11.9 Å². The van der Waals surface area contributed by atoms with Crippen LogP contribution < -0.4 is 20.5 Å². The molecule has 1 atom stereocenters. The van der Waals surface area contributed by atoms with Crippen LogP contribution in [0.2, 0.25) is 0 Å². The van der Waals surface area contributed by atoms with Crippen molar-refractivity contribution in [1.82, 2.24) is 10.2 Å². The first-order valence-corrected chi connectivity index (χ1v) is 9.64. The summed E-state index contributed by atoms with van der Waals surface area (Å²) >= 11 is 0. The summed E-state index contributed by atoms with van der Waals surface area (Å²) in [5.41, 5.74) is 8.86. The molecule has 1 saturated heterocycles. The van der Waals surface area contributed by atoms with E-state index in [9.17, 15) is 4.79 Å². The molecule has 3 N–H and O–H groups in total. The van der Waals surface area contributed by atoms with Crippen LogP contribution in [0.1, 0.15) is 24.0 Å². The number of methoxy groups -OCH3 is 2. The van der Waals surface area contributed by atoms with Crippen molar-refractivity contribution in [2.75, 3.05) is 33.0 Å². The average Bonchev–Trinajstić information content (AvgIpc) is 3.13. The summed E-state index contributed by atoms with van der Waals surface area (Å²) < 4.78 is 10.7. The number of benzene rings is 2. The predicted octanol–water partition coefficient (Wildman–Crippen LogP) is 2.61. The predicted molar refractivity (Wildman–Crippen MR) is 111 cm³/mol. The Morgan fingerprint density at radius 1 is 1.18 bits per heavy atom. The number of amides is 1. The van der Waals surface area contributed by atoms with Crippen LogP contribution in [-0.2, 0) is 17.8 Å². The number of ether oxygens (including phenoxy) is 2. The first-order valence-electron chi connectivity index (χ1n) is 9.64. The molecule has 0 aliphatic carbocycles. The number of rotatable bonds is 8. The van der Waals surface area contributed by atoms with Crippen molar-refractivity contribution in [3.8, 4) is 11.5 Å². The topological polar surface area (TPSA) is 76.8 Å². The van der Waals surface area contributed by atoms with Gasteiger partial charge in [-0.15, -0.1) is 0 Å². The number of nitrogens with zero attached hydrogens (tertiary/aromatic N) is 1. The van der Waals surface area contributed by atoms with Gasteiger partial charge in [0.25, 0.3) is 0 Å². The number of carbonyl (C=O) groups is 1. The van der Waals surface area contributed by atoms with Gasteiger partial charge in [0.15, 0.2) is 0 Å². The molecule has 6 nitrogen and oxygen atoms in total. The molecule has 1 unspecified atom stereocenters. The number of carbonyl (C=O) groups excluding carboxylic acids is 1. The van der Waals surface area contributed by atoms with E-state index < -0.39 is 0 Å². The maximum Gasteiger partial charge on any atom is 0.220 e. The first kappa shape index (κ1) is 20.0. The summed E-state index contributed by atoms with van der Waals surface area (Å²) in [4.78, 5) is 14.7. The zero-order valence-corrected chi connectivity index (χ0v) is 16.6. The molecule has 0 spiro atoms. The highest BCUT2D eigenvalue weighted by molar-refractivity contribution is 5.76. The third-order valence-electron chi connectivity index (χ3n) is 5.13. The highest BCUT2D eigenvalue weighted by atomic mass is 16.5. The van der Waals surface area contributed by atoms with Crippen molar-refractivity contribution in [1.29, 1.82) is 0 Å². The number of aryl methyl sites for hydroxylation is 1. The van der Waals surface area contributed by atoms with E-state index in [1.807, 2.05) is 42.5 Å². The van der Waals surface area contributed by atoms with Gasteiger partial charge in [-0.2, -0.15) is 0 Å². The molecule has 1 aliphatic rings. The van der Waals surface area contributed by atoms with Crippen molar-refractivity contribution < 1.29 is 14.3 Å². The lowest BCUT2D eigenvalue weighted by molar-refractivity contribution is -0.121. The number of nitrogens with two attached hydrogens (primary N) is 1. The fourth-order valence-corrected chi connectivity index (χ4v) is 3.62. The van der Waals surface area contributed by atoms with Gasteiger partial charge in [-0.25, -0.2) is 0 Å². The molecule has 6 heteroatoms. The fourth-order valence-electron chi connectivity index (χ4n) is 3.62. The SMILES string of the molecule is COc1cc(CN2CCC(NC(=O)CCc3ccccc3N)C2)cc(OC)c1. The number of hydrogen-bond acceptors (Lipinski definition) is 5. The van der Waals surface area contributed by atoms with Gasteiger partial charge in [-0.05, 0) is 42.2 Å². The Labute approximate surface area is 166 Å². The van der Waals surface area contributed by atoms with Gasteiger partial charge in [0.2, 0.25) is 5.91 Å². The Hall–Kier alpha value is -2.73. The maximum absolute atomic E-state index is 12.3. The van der Waals surface area contributed by atoms with Crippen LogP contribution in [0.4, 0.5) is 5.69 Å². The van der Waals surface area contributed by atoms with Gasteiger partial charge in [-0.3, -0.25) is 9.69 Å².